The minimum atomic E-state index is 0.487. The second-order valence-corrected chi connectivity index (χ2v) is 7.23. The van der Waals surface area contributed by atoms with Crippen molar-refractivity contribution in [3.63, 3.8) is 0 Å². The van der Waals surface area contributed by atoms with Crippen LogP contribution in [0.15, 0.2) is 72.8 Å². The summed E-state index contributed by atoms with van der Waals surface area (Å²) in [4.78, 5) is 0. The molecule has 0 N–H and O–H groups in total. The fourth-order valence-electron chi connectivity index (χ4n) is 4.59. The summed E-state index contributed by atoms with van der Waals surface area (Å²) in [5, 5.41) is 5.50. The molecule has 5 rings (SSSR count). The summed E-state index contributed by atoms with van der Waals surface area (Å²) in [6.45, 7) is 0. The SMILES string of the molecule is COc1ccc(C2CCCc3c2ccc2c3ccc3ccccc32)cc1. The lowest BCUT2D eigenvalue weighted by Gasteiger charge is -2.27. The van der Waals surface area contributed by atoms with Crippen molar-refractivity contribution in [2.24, 2.45) is 0 Å². The van der Waals surface area contributed by atoms with Crippen molar-refractivity contribution in [1.82, 2.24) is 0 Å². The molecular formula is C25H22O. The summed E-state index contributed by atoms with van der Waals surface area (Å²) in [7, 11) is 1.72. The summed E-state index contributed by atoms with van der Waals surface area (Å²) < 4.78 is 5.32. The molecule has 0 aromatic heterocycles. The molecule has 1 nitrogen and oxygen atoms in total. The highest BCUT2D eigenvalue weighted by Crippen LogP contribution is 2.41. The number of fused-ring (bicyclic) bond motifs is 5. The molecule has 0 fully saturated rings. The Bertz CT molecular complexity index is 1090. The zero-order valence-corrected chi connectivity index (χ0v) is 15.0. The van der Waals surface area contributed by atoms with Gasteiger partial charge in [0.25, 0.3) is 0 Å². The Morgan fingerprint density at radius 2 is 1.58 bits per heavy atom. The summed E-state index contributed by atoms with van der Waals surface area (Å²) in [5.41, 5.74) is 4.44. The second-order valence-electron chi connectivity index (χ2n) is 7.23. The first-order chi connectivity index (χ1) is 12.8. The van der Waals surface area contributed by atoms with Crippen molar-refractivity contribution in [3.05, 3.63) is 89.5 Å². The highest BCUT2D eigenvalue weighted by atomic mass is 16.5. The summed E-state index contributed by atoms with van der Waals surface area (Å²) in [6, 6.07) is 26.6. The number of rotatable bonds is 2. The lowest BCUT2D eigenvalue weighted by atomic mass is 9.77. The first kappa shape index (κ1) is 15.5. The number of hydrogen-bond donors (Lipinski definition) is 0. The maximum Gasteiger partial charge on any atom is 0.118 e. The molecule has 128 valence electrons. The molecule has 0 amide bonds. The van der Waals surface area contributed by atoms with Crippen LogP contribution in [0.2, 0.25) is 0 Å². The van der Waals surface area contributed by atoms with Gasteiger partial charge in [-0.2, -0.15) is 0 Å². The van der Waals surface area contributed by atoms with E-state index in [0.29, 0.717) is 5.92 Å². The van der Waals surface area contributed by atoms with Crippen LogP contribution in [0.25, 0.3) is 21.5 Å². The molecule has 1 heteroatoms. The van der Waals surface area contributed by atoms with Gasteiger partial charge in [-0.3, -0.25) is 0 Å². The Kier molecular flexibility index (Phi) is 3.67. The Hall–Kier alpha value is -2.80. The van der Waals surface area contributed by atoms with Crippen molar-refractivity contribution in [2.45, 2.75) is 25.2 Å². The summed E-state index contributed by atoms with van der Waals surface area (Å²) in [5.74, 6) is 1.41. The van der Waals surface area contributed by atoms with Gasteiger partial charge in [0, 0.05) is 5.92 Å². The van der Waals surface area contributed by atoms with Gasteiger partial charge in [0.2, 0.25) is 0 Å². The fraction of sp³-hybridized carbons (Fsp3) is 0.200. The van der Waals surface area contributed by atoms with E-state index in [1.165, 1.54) is 51.9 Å². The largest absolute Gasteiger partial charge is 0.497 e. The molecule has 1 unspecified atom stereocenters. The van der Waals surface area contributed by atoms with Crippen molar-refractivity contribution < 1.29 is 4.74 Å². The quantitative estimate of drug-likeness (QED) is 0.381. The molecule has 1 aliphatic rings. The highest BCUT2D eigenvalue weighted by Gasteiger charge is 2.23. The van der Waals surface area contributed by atoms with Crippen LogP contribution < -0.4 is 4.74 Å². The van der Waals surface area contributed by atoms with Crippen molar-refractivity contribution >= 4 is 21.5 Å². The van der Waals surface area contributed by atoms with Crippen LogP contribution in [0.5, 0.6) is 5.75 Å². The molecule has 26 heavy (non-hydrogen) atoms. The summed E-state index contributed by atoms with van der Waals surface area (Å²) in [6.07, 6.45) is 3.64. The molecule has 4 aromatic rings. The maximum absolute atomic E-state index is 5.32. The lowest BCUT2D eigenvalue weighted by Crippen LogP contribution is -2.11. The molecule has 4 aromatic carbocycles. The molecular weight excluding hydrogens is 316 g/mol. The molecule has 0 heterocycles. The van der Waals surface area contributed by atoms with Crippen molar-refractivity contribution in [3.8, 4) is 5.75 Å². The van der Waals surface area contributed by atoms with Gasteiger partial charge in [-0.25, -0.2) is 0 Å². The molecule has 0 aliphatic heterocycles. The standard InChI is InChI=1S/C25H22O/c1-26-19-12-9-18(10-13-19)21-7-4-8-22-23(21)15-16-24-20-6-3-2-5-17(20)11-14-25(22)24/h2-3,5-6,9-16,21H,4,7-8H2,1H3. The zero-order valence-electron chi connectivity index (χ0n) is 15.0. The Labute approximate surface area is 154 Å². The minimum Gasteiger partial charge on any atom is -0.497 e. The van der Waals surface area contributed by atoms with E-state index in [-0.39, 0.29) is 0 Å². The third-order valence-electron chi connectivity index (χ3n) is 5.89. The third-order valence-corrected chi connectivity index (χ3v) is 5.89. The number of methoxy groups -OCH3 is 1. The number of benzene rings is 4. The molecule has 1 atom stereocenters. The molecule has 0 saturated heterocycles. The van der Waals surface area contributed by atoms with E-state index >= 15 is 0 Å². The highest BCUT2D eigenvalue weighted by molar-refractivity contribution is 6.08. The van der Waals surface area contributed by atoms with Crippen LogP contribution in [0.1, 0.15) is 35.4 Å². The van der Waals surface area contributed by atoms with Crippen LogP contribution in [0, 0.1) is 0 Å². The monoisotopic (exact) mass is 338 g/mol. The minimum absolute atomic E-state index is 0.487. The molecule has 1 aliphatic carbocycles. The van der Waals surface area contributed by atoms with Gasteiger partial charge in [-0.05, 0) is 69.6 Å². The van der Waals surface area contributed by atoms with Crippen LogP contribution in [-0.4, -0.2) is 7.11 Å². The fourth-order valence-corrected chi connectivity index (χ4v) is 4.59. The number of ether oxygens (including phenoxy) is 1. The van der Waals surface area contributed by atoms with Crippen LogP contribution in [0.3, 0.4) is 0 Å². The molecule has 0 radical (unpaired) electrons. The van der Waals surface area contributed by atoms with E-state index in [4.69, 9.17) is 4.74 Å². The Balaban J connectivity index is 1.69. The van der Waals surface area contributed by atoms with Crippen molar-refractivity contribution in [1.29, 1.82) is 0 Å². The van der Waals surface area contributed by atoms with Gasteiger partial charge in [0.15, 0.2) is 0 Å². The first-order valence-corrected chi connectivity index (χ1v) is 9.42. The molecule has 0 spiro atoms. The topological polar surface area (TPSA) is 9.23 Å². The lowest BCUT2D eigenvalue weighted by molar-refractivity contribution is 0.414. The van der Waals surface area contributed by atoms with E-state index in [1.54, 1.807) is 12.7 Å². The third kappa shape index (κ3) is 2.39. The second kappa shape index (κ2) is 6.17. The van der Waals surface area contributed by atoms with Gasteiger partial charge >= 0.3 is 0 Å². The predicted molar refractivity (Wildman–Crippen MR) is 109 cm³/mol. The normalized spacial score (nSPS) is 16.6. The van der Waals surface area contributed by atoms with E-state index < -0.39 is 0 Å². The first-order valence-electron chi connectivity index (χ1n) is 9.42. The maximum atomic E-state index is 5.32. The average Bonchev–Trinajstić information content (AvgIpc) is 2.73. The smallest absolute Gasteiger partial charge is 0.118 e. The molecule has 0 bridgehead atoms. The van der Waals surface area contributed by atoms with Gasteiger partial charge in [-0.1, -0.05) is 60.7 Å². The van der Waals surface area contributed by atoms with E-state index in [1.807, 2.05) is 0 Å². The average molecular weight is 338 g/mol. The number of aryl methyl sites for hydroxylation is 1. The van der Waals surface area contributed by atoms with Crippen LogP contribution in [-0.2, 0) is 6.42 Å². The van der Waals surface area contributed by atoms with E-state index in [9.17, 15) is 0 Å². The predicted octanol–water partition coefficient (Wildman–Crippen LogP) is 6.47. The van der Waals surface area contributed by atoms with E-state index in [2.05, 4.69) is 72.8 Å². The van der Waals surface area contributed by atoms with Gasteiger partial charge < -0.3 is 4.74 Å². The van der Waals surface area contributed by atoms with Crippen molar-refractivity contribution in [2.75, 3.05) is 7.11 Å². The van der Waals surface area contributed by atoms with E-state index in [0.717, 1.165) is 5.75 Å². The van der Waals surface area contributed by atoms with Gasteiger partial charge in [-0.15, -0.1) is 0 Å². The zero-order chi connectivity index (χ0) is 17.5. The molecule has 0 saturated carbocycles. The van der Waals surface area contributed by atoms with Gasteiger partial charge in [0.1, 0.15) is 5.75 Å². The van der Waals surface area contributed by atoms with Crippen LogP contribution in [0.4, 0.5) is 0 Å². The summed E-state index contributed by atoms with van der Waals surface area (Å²) >= 11 is 0. The Morgan fingerprint density at radius 3 is 2.42 bits per heavy atom. The number of hydrogen-bond acceptors (Lipinski definition) is 1. The van der Waals surface area contributed by atoms with Gasteiger partial charge in [0.05, 0.1) is 7.11 Å². The van der Waals surface area contributed by atoms with Crippen LogP contribution >= 0.6 is 0 Å². The Morgan fingerprint density at radius 1 is 0.769 bits per heavy atom.